The number of nitrogens with one attached hydrogen (secondary N) is 1. The third kappa shape index (κ3) is 4.24. The van der Waals surface area contributed by atoms with Crippen LogP contribution in [0.25, 0.3) is 11.1 Å². The van der Waals surface area contributed by atoms with Gasteiger partial charge in [-0.05, 0) is 44.0 Å². The van der Waals surface area contributed by atoms with E-state index >= 15 is 4.39 Å². The maximum atomic E-state index is 15.0. The van der Waals surface area contributed by atoms with Crippen molar-refractivity contribution in [3.63, 3.8) is 0 Å². The minimum absolute atomic E-state index is 0.00162. The maximum Gasteiger partial charge on any atom is 0.420 e. The molecule has 1 saturated heterocycles. The van der Waals surface area contributed by atoms with Crippen LogP contribution in [0.4, 0.5) is 9.52 Å². The van der Waals surface area contributed by atoms with Crippen molar-refractivity contribution >= 4 is 37.8 Å². The first-order valence-electron chi connectivity index (χ1n) is 10.8. The summed E-state index contributed by atoms with van der Waals surface area (Å²) in [5.41, 5.74) is 2.17. The van der Waals surface area contributed by atoms with Crippen molar-refractivity contribution in [2.45, 2.75) is 37.2 Å². The van der Waals surface area contributed by atoms with Crippen LogP contribution in [-0.2, 0) is 16.6 Å². The molecule has 34 heavy (non-hydrogen) atoms. The first-order chi connectivity index (χ1) is 16.3. The van der Waals surface area contributed by atoms with E-state index in [2.05, 4.69) is 19.0 Å². The Kier molecular flexibility index (Phi) is 5.96. The standard InChI is InChI=1S/C22H22FN5O4S2/c1-14(16-7-3-2-6-15(16)12-27-8-4-5-9-27)28-18-10-17(23)20(11-19(18)32-22(28)29)34(30,31)26-21-24-13-25-33-21/h2-3,6-7,10-11,13-14H,4-5,8-9,12H2,1H3,(H,24,25,26)/t14-/m1/s1. The molecule has 3 heterocycles. The largest absolute Gasteiger partial charge is 0.420 e. The van der Waals surface area contributed by atoms with Gasteiger partial charge in [-0.3, -0.25) is 14.2 Å². The van der Waals surface area contributed by atoms with Gasteiger partial charge in [0.1, 0.15) is 17.0 Å². The lowest BCUT2D eigenvalue weighted by Gasteiger charge is -2.21. The van der Waals surface area contributed by atoms with Gasteiger partial charge in [0.2, 0.25) is 5.13 Å². The number of likely N-dealkylation sites (tertiary alicyclic amines) is 1. The molecule has 0 amide bonds. The number of rotatable bonds is 7. The van der Waals surface area contributed by atoms with E-state index in [1.807, 2.05) is 31.2 Å². The predicted octanol–water partition coefficient (Wildman–Crippen LogP) is 3.59. The van der Waals surface area contributed by atoms with Crippen LogP contribution in [0.2, 0.25) is 0 Å². The molecule has 1 N–H and O–H groups in total. The van der Waals surface area contributed by atoms with E-state index in [0.717, 1.165) is 54.4 Å². The van der Waals surface area contributed by atoms with Crippen molar-refractivity contribution in [3.05, 3.63) is 70.2 Å². The van der Waals surface area contributed by atoms with Crippen LogP contribution in [0.15, 0.2) is 56.8 Å². The Morgan fingerprint density at radius 1 is 1.24 bits per heavy atom. The number of fused-ring (bicyclic) bond motifs is 1. The summed E-state index contributed by atoms with van der Waals surface area (Å²) in [6.07, 6.45) is 3.52. The number of halogens is 1. The fraction of sp³-hybridized carbons (Fsp3) is 0.318. The van der Waals surface area contributed by atoms with E-state index in [9.17, 15) is 13.2 Å². The summed E-state index contributed by atoms with van der Waals surface area (Å²) in [4.78, 5) is 18.3. The molecule has 0 unspecified atom stereocenters. The highest BCUT2D eigenvalue weighted by atomic mass is 32.2. The molecule has 12 heteroatoms. The fourth-order valence-electron chi connectivity index (χ4n) is 4.40. The molecule has 0 bridgehead atoms. The van der Waals surface area contributed by atoms with Crippen molar-refractivity contribution in [2.75, 3.05) is 17.8 Å². The minimum Gasteiger partial charge on any atom is -0.408 e. The monoisotopic (exact) mass is 503 g/mol. The van der Waals surface area contributed by atoms with Crippen molar-refractivity contribution < 1.29 is 17.2 Å². The molecule has 1 fully saturated rings. The number of nitrogens with zero attached hydrogens (tertiary/aromatic N) is 4. The van der Waals surface area contributed by atoms with E-state index in [-0.39, 0.29) is 16.2 Å². The third-order valence-corrected chi connectivity index (χ3v) is 8.09. The maximum absolute atomic E-state index is 15.0. The topological polar surface area (TPSA) is 110 Å². The molecule has 1 atom stereocenters. The molecule has 178 valence electrons. The Bertz CT molecular complexity index is 1490. The van der Waals surface area contributed by atoms with E-state index in [1.165, 1.54) is 23.7 Å². The minimum atomic E-state index is -4.30. The first-order valence-corrected chi connectivity index (χ1v) is 13.0. The number of hydrogen-bond donors (Lipinski definition) is 1. The first kappa shape index (κ1) is 22.7. The molecule has 2 aromatic heterocycles. The average Bonchev–Trinajstić information content (AvgIpc) is 3.55. The normalized spacial score (nSPS) is 15.7. The Morgan fingerprint density at radius 3 is 2.74 bits per heavy atom. The summed E-state index contributed by atoms with van der Waals surface area (Å²) in [7, 11) is -4.30. The van der Waals surface area contributed by atoms with Crippen molar-refractivity contribution in [1.82, 2.24) is 18.8 Å². The molecule has 1 aliphatic heterocycles. The summed E-state index contributed by atoms with van der Waals surface area (Å²) in [5.74, 6) is -1.69. The summed E-state index contributed by atoms with van der Waals surface area (Å²) < 4.78 is 53.0. The van der Waals surface area contributed by atoms with E-state index in [1.54, 1.807) is 0 Å². The molecule has 4 aromatic rings. The third-order valence-electron chi connectivity index (χ3n) is 6.02. The number of hydrogen-bond acceptors (Lipinski definition) is 8. The van der Waals surface area contributed by atoms with Crippen LogP contribution in [0.5, 0.6) is 0 Å². The molecular weight excluding hydrogens is 481 g/mol. The molecule has 2 aromatic carbocycles. The lowest BCUT2D eigenvalue weighted by Crippen LogP contribution is -2.23. The molecule has 1 aliphatic rings. The molecule has 9 nitrogen and oxygen atoms in total. The van der Waals surface area contributed by atoms with Crippen molar-refractivity contribution in [3.8, 4) is 0 Å². The Labute approximate surface area is 199 Å². The molecule has 5 rings (SSSR count). The predicted molar refractivity (Wildman–Crippen MR) is 126 cm³/mol. The van der Waals surface area contributed by atoms with Gasteiger partial charge in [-0.1, -0.05) is 24.3 Å². The van der Waals surface area contributed by atoms with Crippen LogP contribution >= 0.6 is 11.5 Å². The number of sulfonamides is 1. The molecule has 0 saturated carbocycles. The van der Waals surface area contributed by atoms with Gasteiger partial charge < -0.3 is 4.42 Å². The van der Waals surface area contributed by atoms with Gasteiger partial charge in [0, 0.05) is 30.2 Å². The Morgan fingerprint density at radius 2 is 2.00 bits per heavy atom. The van der Waals surface area contributed by atoms with Crippen LogP contribution in [0.1, 0.15) is 36.9 Å². The molecular formula is C22H22FN5O4S2. The van der Waals surface area contributed by atoms with Gasteiger partial charge in [-0.15, -0.1) is 0 Å². The van der Waals surface area contributed by atoms with Gasteiger partial charge in [0.05, 0.1) is 11.6 Å². The number of benzene rings is 2. The van der Waals surface area contributed by atoms with Gasteiger partial charge >= 0.3 is 5.76 Å². The molecule has 0 radical (unpaired) electrons. The Hall–Kier alpha value is -3.09. The second-order valence-electron chi connectivity index (χ2n) is 8.20. The molecule has 0 aliphatic carbocycles. The highest BCUT2D eigenvalue weighted by molar-refractivity contribution is 7.93. The SMILES string of the molecule is C[C@H](c1ccccc1CN1CCCC1)n1c(=O)oc2cc(S(=O)(=O)Nc3ncns3)c(F)cc21. The Balaban J connectivity index is 1.54. The van der Waals surface area contributed by atoms with Crippen molar-refractivity contribution in [2.24, 2.45) is 0 Å². The van der Waals surface area contributed by atoms with Gasteiger partial charge in [-0.2, -0.15) is 4.37 Å². The van der Waals surface area contributed by atoms with E-state index < -0.39 is 32.5 Å². The zero-order valence-electron chi connectivity index (χ0n) is 18.3. The number of aromatic nitrogens is 3. The summed E-state index contributed by atoms with van der Waals surface area (Å²) in [6.45, 7) is 4.67. The average molecular weight is 504 g/mol. The lowest BCUT2D eigenvalue weighted by atomic mass is 10.0. The van der Waals surface area contributed by atoms with E-state index in [4.69, 9.17) is 4.42 Å². The lowest BCUT2D eigenvalue weighted by molar-refractivity contribution is 0.329. The molecule has 0 spiro atoms. The summed E-state index contributed by atoms with van der Waals surface area (Å²) in [6, 6.07) is 9.43. The quantitative estimate of drug-likeness (QED) is 0.410. The van der Waals surface area contributed by atoms with Gasteiger partial charge in [0.25, 0.3) is 10.0 Å². The van der Waals surface area contributed by atoms with Crippen LogP contribution in [0, 0.1) is 5.82 Å². The summed E-state index contributed by atoms with van der Waals surface area (Å²) >= 11 is 0.820. The zero-order valence-corrected chi connectivity index (χ0v) is 19.9. The number of oxazole rings is 1. The number of anilines is 1. The smallest absolute Gasteiger partial charge is 0.408 e. The highest BCUT2D eigenvalue weighted by Gasteiger charge is 2.26. The highest BCUT2D eigenvalue weighted by Crippen LogP contribution is 2.29. The van der Waals surface area contributed by atoms with Crippen LogP contribution in [0.3, 0.4) is 0 Å². The fourth-order valence-corrected chi connectivity index (χ4v) is 6.14. The van der Waals surface area contributed by atoms with Crippen molar-refractivity contribution in [1.29, 1.82) is 0 Å². The zero-order chi connectivity index (χ0) is 23.9. The van der Waals surface area contributed by atoms with Gasteiger partial charge in [-0.25, -0.2) is 22.6 Å². The van der Waals surface area contributed by atoms with E-state index in [0.29, 0.717) is 0 Å². The second-order valence-corrected chi connectivity index (χ2v) is 10.6. The van der Waals surface area contributed by atoms with Crippen LogP contribution < -0.4 is 10.5 Å². The van der Waals surface area contributed by atoms with Gasteiger partial charge in [0.15, 0.2) is 5.58 Å². The van der Waals surface area contributed by atoms with Crippen LogP contribution in [-0.4, -0.2) is 40.3 Å². The second kappa shape index (κ2) is 8.93. The summed E-state index contributed by atoms with van der Waals surface area (Å²) in [5, 5.41) is 0.00162.